The number of aliphatic hydroxyl groups is 1. The molecule has 0 saturated carbocycles. The second-order valence-corrected chi connectivity index (χ2v) is 8.52. The summed E-state index contributed by atoms with van der Waals surface area (Å²) in [4.78, 5) is 11.9. The van der Waals surface area contributed by atoms with E-state index in [2.05, 4.69) is 5.32 Å². The standard InChI is InChI=1S/C20H24N2O4S/c1-2-17(23)14-22(16-8-4-3-5-9-16)27(25,26)18-11-12-19-15(13-18)7-6-10-20(24)21-19/h3-5,8-9,11-13,17,23H,2,6-7,10,14H2,1H3,(H,21,24). The van der Waals surface area contributed by atoms with Crippen molar-refractivity contribution in [2.24, 2.45) is 0 Å². The lowest BCUT2D eigenvalue weighted by Gasteiger charge is -2.27. The summed E-state index contributed by atoms with van der Waals surface area (Å²) in [7, 11) is -3.86. The zero-order valence-electron chi connectivity index (χ0n) is 15.3. The first-order valence-corrected chi connectivity index (χ1v) is 10.5. The number of aliphatic hydroxyl groups excluding tert-OH is 1. The van der Waals surface area contributed by atoms with Crippen LogP contribution in [0.3, 0.4) is 0 Å². The van der Waals surface area contributed by atoms with Gasteiger partial charge in [-0.25, -0.2) is 8.42 Å². The van der Waals surface area contributed by atoms with Gasteiger partial charge in [-0.1, -0.05) is 25.1 Å². The number of aryl methyl sites for hydroxylation is 1. The van der Waals surface area contributed by atoms with Crippen LogP contribution in [0.15, 0.2) is 53.4 Å². The van der Waals surface area contributed by atoms with Gasteiger partial charge in [0.1, 0.15) is 0 Å². The fourth-order valence-corrected chi connectivity index (χ4v) is 4.65. The van der Waals surface area contributed by atoms with Gasteiger partial charge >= 0.3 is 0 Å². The molecule has 1 atom stereocenters. The van der Waals surface area contributed by atoms with Gasteiger partial charge in [-0.2, -0.15) is 0 Å². The van der Waals surface area contributed by atoms with Crippen molar-refractivity contribution in [2.45, 2.75) is 43.6 Å². The molecule has 1 amide bonds. The van der Waals surface area contributed by atoms with Crippen molar-refractivity contribution < 1.29 is 18.3 Å². The molecule has 0 aromatic heterocycles. The van der Waals surface area contributed by atoms with E-state index < -0.39 is 16.1 Å². The monoisotopic (exact) mass is 388 g/mol. The SMILES string of the molecule is CCC(O)CN(c1ccccc1)S(=O)(=O)c1ccc2c(c1)CCCC(=O)N2. The fourth-order valence-electron chi connectivity index (χ4n) is 3.10. The zero-order valence-corrected chi connectivity index (χ0v) is 16.1. The molecule has 1 aliphatic heterocycles. The predicted molar refractivity (Wildman–Crippen MR) is 105 cm³/mol. The van der Waals surface area contributed by atoms with E-state index in [1.54, 1.807) is 36.4 Å². The summed E-state index contributed by atoms with van der Waals surface area (Å²) < 4.78 is 27.9. The lowest BCUT2D eigenvalue weighted by molar-refractivity contribution is -0.116. The topological polar surface area (TPSA) is 86.7 Å². The van der Waals surface area contributed by atoms with Gasteiger partial charge < -0.3 is 10.4 Å². The molecule has 1 unspecified atom stereocenters. The third-order valence-electron chi connectivity index (χ3n) is 4.68. The summed E-state index contributed by atoms with van der Waals surface area (Å²) in [5.74, 6) is -0.0543. The smallest absolute Gasteiger partial charge is 0.264 e. The Morgan fingerprint density at radius 1 is 1.15 bits per heavy atom. The highest BCUT2D eigenvalue weighted by molar-refractivity contribution is 7.92. The second-order valence-electron chi connectivity index (χ2n) is 6.65. The number of carbonyl (C=O) groups is 1. The third kappa shape index (κ3) is 4.31. The predicted octanol–water partition coefficient (Wildman–Crippen LogP) is 2.93. The molecule has 2 aromatic carbocycles. The molecular weight excluding hydrogens is 364 g/mol. The van der Waals surface area contributed by atoms with Crippen molar-refractivity contribution in [2.75, 3.05) is 16.2 Å². The van der Waals surface area contributed by atoms with E-state index in [9.17, 15) is 18.3 Å². The molecule has 6 nitrogen and oxygen atoms in total. The molecule has 0 radical (unpaired) electrons. The summed E-state index contributed by atoms with van der Waals surface area (Å²) in [5, 5.41) is 12.9. The van der Waals surface area contributed by atoms with Crippen LogP contribution in [0.5, 0.6) is 0 Å². The number of carbonyl (C=O) groups excluding carboxylic acids is 1. The maximum Gasteiger partial charge on any atom is 0.264 e. The molecule has 0 bridgehead atoms. The van der Waals surface area contributed by atoms with Gasteiger partial charge in [-0.15, -0.1) is 0 Å². The van der Waals surface area contributed by atoms with Gasteiger partial charge in [0, 0.05) is 12.1 Å². The van der Waals surface area contributed by atoms with E-state index in [1.807, 2.05) is 13.0 Å². The molecule has 1 heterocycles. The Morgan fingerprint density at radius 2 is 1.89 bits per heavy atom. The number of anilines is 2. The van der Waals surface area contributed by atoms with Crippen LogP contribution in [-0.2, 0) is 21.2 Å². The lowest BCUT2D eigenvalue weighted by atomic mass is 10.1. The minimum atomic E-state index is -3.86. The molecule has 0 spiro atoms. The van der Waals surface area contributed by atoms with Gasteiger partial charge in [-0.3, -0.25) is 9.10 Å². The molecular formula is C20H24N2O4S. The molecule has 0 saturated heterocycles. The Bertz CT molecular complexity index is 913. The average molecular weight is 388 g/mol. The summed E-state index contributed by atoms with van der Waals surface area (Å²) in [6.07, 6.45) is 1.43. The highest BCUT2D eigenvalue weighted by Gasteiger charge is 2.28. The van der Waals surface area contributed by atoms with E-state index in [-0.39, 0.29) is 17.3 Å². The molecule has 2 aromatic rings. The Morgan fingerprint density at radius 3 is 2.59 bits per heavy atom. The number of sulfonamides is 1. The summed E-state index contributed by atoms with van der Waals surface area (Å²) >= 11 is 0. The molecule has 2 N–H and O–H groups in total. The first-order chi connectivity index (χ1) is 12.9. The molecule has 0 fully saturated rings. The van der Waals surface area contributed by atoms with Crippen LogP contribution in [0, 0.1) is 0 Å². The quantitative estimate of drug-likeness (QED) is 0.797. The number of hydrogen-bond acceptors (Lipinski definition) is 4. The minimum absolute atomic E-state index is 0.0172. The first-order valence-electron chi connectivity index (χ1n) is 9.10. The second kappa shape index (κ2) is 8.10. The molecule has 3 rings (SSSR count). The van der Waals surface area contributed by atoms with Crippen LogP contribution in [-0.4, -0.2) is 32.1 Å². The van der Waals surface area contributed by atoms with E-state index in [0.29, 0.717) is 37.1 Å². The van der Waals surface area contributed by atoms with Crippen molar-refractivity contribution in [1.82, 2.24) is 0 Å². The van der Waals surface area contributed by atoms with Gasteiger partial charge in [-0.05, 0) is 55.2 Å². The Hall–Kier alpha value is -2.38. The Labute approximate surface area is 159 Å². The van der Waals surface area contributed by atoms with Crippen LogP contribution in [0.2, 0.25) is 0 Å². The zero-order chi connectivity index (χ0) is 19.4. The minimum Gasteiger partial charge on any atom is -0.391 e. The Kier molecular flexibility index (Phi) is 5.82. The summed E-state index contributed by atoms with van der Waals surface area (Å²) in [6.45, 7) is 1.79. The van der Waals surface area contributed by atoms with Gasteiger partial charge in [0.15, 0.2) is 0 Å². The normalized spacial score (nSPS) is 15.4. The van der Waals surface area contributed by atoms with Gasteiger partial charge in [0.25, 0.3) is 10.0 Å². The van der Waals surface area contributed by atoms with Crippen LogP contribution in [0.25, 0.3) is 0 Å². The Balaban J connectivity index is 2.01. The van der Waals surface area contributed by atoms with Crippen molar-refractivity contribution in [3.63, 3.8) is 0 Å². The molecule has 1 aliphatic rings. The van der Waals surface area contributed by atoms with Gasteiger partial charge in [0.2, 0.25) is 5.91 Å². The number of rotatable bonds is 6. The number of para-hydroxylation sites is 1. The number of amides is 1. The maximum atomic E-state index is 13.3. The highest BCUT2D eigenvalue weighted by atomic mass is 32.2. The number of hydrogen-bond donors (Lipinski definition) is 2. The van der Waals surface area contributed by atoms with E-state index >= 15 is 0 Å². The van der Waals surface area contributed by atoms with Crippen LogP contribution >= 0.6 is 0 Å². The van der Waals surface area contributed by atoms with Crippen LogP contribution in [0.1, 0.15) is 31.7 Å². The largest absolute Gasteiger partial charge is 0.391 e. The van der Waals surface area contributed by atoms with Crippen molar-refractivity contribution in [3.8, 4) is 0 Å². The van der Waals surface area contributed by atoms with Crippen LogP contribution < -0.4 is 9.62 Å². The molecule has 27 heavy (non-hydrogen) atoms. The maximum absolute atomic E-state index is 13.3. The highest BCUT2D eigenvalue weighted by Crippen LogP contribution is 2.29. The van der Waals surface area contributed by atoms with Crippen molar-refractivity contribution in [1.29, 1.82) is 0 Å². The number of fused-ring (bicyclic) bond motifs is 1. The number of nitrogens with one attached hydrogen (secondary N) is 1. The summed E-state index contributed by atoms with van der Waals surface area (Å²) in [6, 6.07) is 13.6. The molecule has 0 aliphatic carbocycles. The average Bonchev–Trinajstić information content (AvgIpc) is 2.86. The number of nitrogens with zero attached hydrogens (tertiary/aromatic N) is 1. The first kappa shape index (κ1) is 19.4. The van der Waals surface area contributed by atoms with E-state index in [4.69, 9.17) is 0 Å². The third-order valence-corrected chi connectivity index (χ3v) is 6.47. The molecule has 144 valence electrons. The summed E-state index contributed by atoms with van der Waals surface area (Å²) in [5.41, 5.74) is 1.98. The van der Waals surface area contributed by atoms with Crippen molar-refractivity contribution >= 4 is 27.3 Å². The van der Waals surface area contributed by atoms with E-state index in [1.165, 1.54) is 10.4 Å². The van der Waals surface area contributed by atoms with Crippen LogP contribution in [0.4, 0.5) is 11.4 Å². The van der Waals surface area contributed by atoms with Gasteiger partial charge in [0.05, 0.1) is 23.2 Å². The van der Waals surface area contributed by atoms with E-state index in [0.717, 1.165) is 5.56 Å². The lowest BCUT2D eigenvalue weighted by Crippen LogP contribution is -2.37. The van der Waals surface area contributed by atoms with Crippen molar-refractivity contribution in [3.05, 3.63) is 54.1 Å². The molecule has 7 heteroatoms. The fraction of sp³-hybridized carbons (Fsp3) is 0.350. The number of benzene rings is 2.